The van der Waals surface area contributed by atoms with Crippen molar-refractivity contribution in [3.8, 4) is 5.75 Å². The van der Waals surface area contributed by atoms with Gasteiger partial charge in [0.2, 0.25) is 5.90 Å². The molecule has 0 atom stereocenters. The van der Waals surface area contributed by atoms with Crippen molar-refractivity contribution in [2.45, 2.75) is 13.5 Å². The minimum absolute atomic E-state index is 0.0527. The number of nitro groups is 1. The number of aliphatic imine (C=N–C) groups is 1. The first-order valence-electron chi connectivity index (χ1n) is 9.65. The second-order valence-corrected chi connectivity index (χ2v) is 7.94. The maximum atomic E-state index is 12.3. The van der Waals surface area contributed by atoms with Crippen molar-refractivity contribution in [2.24, 2.45) is 4.99 Å². The number of ether oxygens (including phenoxy) is 2. The van der Waals surface area contributed by atoms with Crippen LogP contribution in [-0.4, -0.2) is 16.8 Å². The van der Waals surface area contributed by atoms with Gasteiger partial charge in [-0.05, 0) is 54.5 Å². The van der Waals surface area contributed by atoms with Gasteiger partial charge in [-0.15, -0.1) is 0 Å². The summed E-state index contributed by atoms with van der Waals surface area (Å²) in [6, 6.07) is 19.7. The zero-order chi connectivity index (χ0) is 22.7. The second kappa shape index (κ2) is 9.15. The highest BCUT2D eigenvalue weighted by Crippen LogP contribution is 2.26. The van der Waals surface area contributed by atoms with Gasteiger partial charge in [0.05, 0.1) is 4.92 Å². The molecular formula is C24H17BrN2O5. The molecule has 0 bridgehead atoms. The number of hydrogen-bond acceptors (Lipinski definition) is 6. The van der Waals surface area contributed by atoms with Crippen LogP contribution in [0.2, 0.25) is 0 Å². The fraction of sp³-hybridized carbons (Fsp3) is 0.0833. The fourth-order valence-electron chi connectivity index (χ4n) is 3.14. The molecular weight excluding hydrogens is 476 g/mol. The van der Waals surface area contributed by atoms with Crippen LogP contribution >= 0.6 is 15.9 Å². The minimum Gasteiger partial charge on any atom is -0.489 e. The van der Waals surface area contributed by atoms with Crippen molar-refractivity contribution in [3.05, 3.63) is 109 Å². The highest BCUT2D eigenvalue weighted by atomic mass is 79.9. The Hall–Kier alpha value is -3.78. The number of benzene rings is 3. The lowest BCUT2D eigenvalue weighted by Crippen LogP contribution is -2.08. The summed E-state index contributed by atoms with van der Waals surface area (Å²) < 4.78 is 12.1. The van der Waals surface area contributed by atoms with Crippen molar-refractivity contribution >= 4 is 39.6 Å². The van der Waals surface area contributed by atoms with Crippen LogP contribution in [0.3, 0.4) is 0 Å². The lowest BCUT2D eigenvalue weighted by Gasteiger charge is -2.06. The van der Waals surface area contributed by atoms with Gasteiger partial charge in [-0.1, -0.05) is 46.3 Å². The summed E-state index contributed by atoms with van der Waals surface area (Å²) in [5.74, 6) is 0.138. The molecule has 0 radical (unpaired) electrons. The molecule has 32 heavy (non-hydrogen) atoms. The Bertz CT molecular complexity index is 1250. The first-order valence-corrected chi connectivity index (χ1v) is 10.4. The second-order valence-electron chi connectivity index (χ2n) is 7.03. The molecule has 0 fully saturated rings. The summed E-state index contributed by atoms with van der Waals surface area (Å²) in [6.45, 7) is 2.04. The lowest BCUT2D eigenvalue weighted by molar-refractivity contribution is -0.385. The van der Waals surface area contributed by atoms with E-state index in [4.69, 9.17) is 9.47 Å². The number of rotatable bonds is 6. The number of nitro benzene ring substituents is 1. The molecule has 0 aliphatic carbocycles. The molecule has 1 aliphatic heterocycles. The third-order valence-corrected chi connectivity index (χ3v) is 5.38. The van der Waals surface area contributed by atoms with Crippen molar-refractivity contribution in [2.75, 3.05) is 0 Å². The first kappa shape index (κ1) is 21.5. The number of carbonyl (C=O) groups is 1. The topological polar surface area (TPSA) is 91.0 Å². The highest BCUT2D eigenvalue weighted by Gasteiger charge is 2.27. The van der Waals surface area contributed by atoms with Crippen LogP contribution < -0.4 is 4.74 Å². The average Bonchev–Trinajstić information content (AvgIpc) is 3.14. The van der Waals surface area contributed by atoms with Gasteiger partial charge in [0.15, 0.2) is 5.70 Å². The van der Waals surface area contributed by atoms with Gasteiger partial charge in [0.1, 0.15) is 12.4 Å². The SMILES string of the molecule is Cc1c(C2=N/C(=C\c3ccc(OCc4ccc(Br)cc4)cc3)C(=O)O2)cccc1[N+](=O)[O-]. The molecule has 0 aromatic heterocycles. The molecule has 0 N–H and O–H groups in total. The molecule has 7 nitrogen and oxygen atoms in total. The van der Waals surface area contributed by atoms with Gasteiger partial charge in [0.25, 0.3) is 5.69 Å². The summed E-state index contributed by atoms with van der Waals surface area (Å²) in [5.41, 5.74) is 2.65. The van der Waals surface area contributed by atoms with Crippen LogP contribution in [0.25, 0.3) is 6.08 Å². The molecule has 1 heterocycles. The van der Waals surface area contributed by atoms with E-state index in [-0.39, 0.29) is 17.3 Å². The van der Waals surface area contributed by atoms with E-state index in [1.165, 1.54) is 12.1 Å². The summed E-state index contributed by atoms with van der Waals surface area (Å²) in [6.07, 6.45) is 1.60. The summed E-state index contributed by atoms with van der Waals surface area (Å²) in [4.78, 5) is 27.2. The van der Waals surface area contributed by atoms with Gasteiger partial charge in [-0.3, -0.25) is 10.1 Å². The number of carbonyl (C=O) groups excluding carboxylic acids is 1. The molecule has 160 valence electrons. The monoisotopic (exact) mass is 492 g/mol. The van der Waals surface area contributed by atoms with E-state index in [0.717, 1.165) is 15.6 Å². The van der Waals surface area contributed by atoms with E-state index in [1.54, 1.807) is 31.2 Å². The standard InChI is InChI=1S/C24H17BrN2O5/c1-15-20(3-2-4-22(15)27(29)30)23-26-21(24(28)32-23)13-16-7-11-19(12-8-16)31-14-17-5-9-18(25)10-6-17/h2-13H,14H2,1H3/b21-13-. The van der Waals surface area contributed by atoms with Gasteiger partial charge < -0.3 is 9.47 Å². The third kappa shape index (κ3) is 4.76. The Balaban J connectivity index is 1.49. The van der Waals surface area contributed by atoms with E-state index in [9.17, 15) is 14.9 Å². The Morgan fingerprint density at radius 2 is 1.81 bits per heavy atom. The van der Waals surface area contributed by atoms with Crippen LogP contribution in [0.4, 0.5) is 5.69 Å². The van der Waals surface area contributed by atoms with Crippen LogP contribution in [0.15, 0.2) is 81.9 Å². The van der Waals surface area contributed by atoms with Crippen LogP contribution in [0, 0.1) is 17.0 Å². The number of nitrogens with zero attached hydrogens (tertiary/aromatic N) is 2. The summed E-state index contributed by atoms with van der Waals surface area (Å²) in [5, 5.41) is 11.2. The van der Waals surface area contributed by atoms with Crippen LogP contribution in [-0.2, 0) is 16.1 Å². The fourth-order valence-corrected chi connectivity index (χ4v) is 3.41. The van der Waals surface area contributed by atoms with Gasteiger partial charge in [-0.2, -0.15) is 0 Å². The van der Waals surface area contributed by atoms with E-state index in [0.29, 0.717) is 23.5 Å². The minimum atomic E-state index is -0.610. The average molecular weight is 493 g/mol. The van der Waals surface area contributed by atoms with E-state index in [2.05, 4.69) is 20.9 Å². The molecule has 0 spiro atoms. The summed E-state index contributed by atoms with van der Waals surface area (Å²) >= 11 is 3.40. The van der Waals surface area contributed by atoms with Gasteiger partial charge in [-0.25, -0.2) is 9.79 Å². The van der Waals surface area contributed by atoms with E-state index in [1.807, 2.05) is 36.4 Å². The molecule has 4 rings (SSSR count). The predicted octanol–water partition coefficient (Wildman–Crippen LogP) is 5.59. The first-order chi connectivity index (χ1) is 15.4. The highest BCUT2D eigenvalue weighted by molar-refractivity contribution is 9.10. The Morgan fingerprint density at radius 1 is 1.09 bits per heavy atom. The molecule has 0 saturated heterocycles. The van der Waals surface area contributed by atoms with Crippen LogP contribution in [0.1, 0.15) is 22.3 Å². The Morgan fingerprint density at radius 3 is 2.50 bits per heavy atom. The van der Waals surface area contributed by atoms with Crippen LogP contribution in [0.5, 0.6) is 5.75 Å². The molecule has 0 unspecified atom stereocenters. The third-order valence-electron chi connectivity index (χ3n) is 4.86. The quantitative estimate of drug-likeness (QED) is 0.193. The Labute approximate surface area is 192 Å². The largest absolute Gasteiger partial charge is 0.489 e. The van der Waals surface area contributed by atoms with E-state index >= 15 is 0 Å². The number of halogens is 1. The molecule has 0 amide bonds. The molecule has 0 saturated carbocycles. The number of hydrogen-bond donors (Lipinski definition) is 0. The van der Waals surface area contributed by atoms with Crippen molar-refractivity contribution in [3.63, 3.8) is 0 Å². The molecule has 1 aliphatic rings. The number of cyclic esters (lactones) is 1. The normalized spacial score (nSPS) is 14.2. The van der Waals surface area contributed by atoms with Crippen molar-refractivity contribution in [1.29, 1.82) is 0 Å². The smallest absolute Gasteiger partial charge is 0.363 e. The van der Waals surface area contributed by atoms with Gasteiger partial charge in [0, 0.05) is 21.7 Å². The lowest BCUT2D eigenvalue weighted by atomic mass is 10.1. The molecule has 3 aromatic rings. The van der Waals surface area contributed by atoms with E-state index < -0.39 is 10.9 Å². The number of esters is 1. The van der Waals surface area contributed by atoms with Crippen molar-refractivity contribution < 1.29 is 19.2 Å². The molecule has 8 heteroatoms. The zero-order valence-electron chi connectivity index (χ0n) is 16.9. The maximum absolute atomic E-state index is 12.3. The zero-order valence-corrected chi connectivity index (χ0v) is 18.5. The Kier molecular flexibility index (Phi) is 6.13. The van der Waals surface area contributed by atoms with Gasteiger partial charge >= 0.3 is 5.97 Å². The van der Waals surface area contributed by atoms with Crippen molar-refractivity contribution in [1.82, 2.24) is 0 Å². The summed E-state index contributed by atoms with van der Waals surface area (Å²) in [7, 11) is 0. The maximum Gasteiger partial charge on any atom is 0.363 e. The molecule has 3 aromatic carbocycles. The predicted molar refractivity (Wildman–Crippen MR) is 123 cm³/mol.